The lowest BCUT2D eigenvalue weighted by Crippen LogP contribution is -2.13. The van der Waals surface area contributed by atoms with Crippen molar-refractivity contribution in [3.05, 3.63) is 58.1 Å². The Morgan fingerprint density at radius 3 is 2.33 bits per heavy atom. The van der Waals surface area contributed by atoms with Crippen LogP contribution >= 0.6 is 11.6 Å². The highest BCUT2D eigenvalue weighted by Crippen LogP contribution is 2.29. The maximum Gasteiger partial charge on any atom is 0.163 e. The summed E-state index contributed by atoms with van der Waals surface area (Å²) in [6, 6.07) is 9.98. The molecule has 1 atom stereocenters. The molecule has 0 spiro atoms. The zero-order chi connectivity index (χ0) is 15.4. The molecular formula is C17H21ClN2O. The van der Waals surface area contributed by atoms with Crippen molar-refractivity contribution >= 4 is 11.6 Å². The van der Waals surface area contributed by atoms with Gasteiger partial charge in [0.2, 0.25) is 0 Å². The average Bonchev–Trinajstić information content (AvgIpc) is 2.44. The van der Waals surface area contributed by atoms with Crippen molar-refractivity contribution in [2.45, 2.75) is 39.7 Å². The van der Waals surface area contributed by atoms with E-state index in [-0.39, 0.29) is 6.10 Å². The topological polar surface area (TPSA) is 35.0 Å². The Morgan fingerprint density at radius 1 is 1.14 bits per heavy atom. The van der Waals surface area contributed by atoms with Crippen LogP contribution in [0.2, 0.25) is 5.15 Å². The van der Waals surface area contributed by atoms with Crippen LogP contribution in [0.3, 0.4) is 0 Å². The minimum absolute atomic E-state index is 0.284. The van der Waals surface area contributed by atoms with Gasteiger partial charge in [0.15, 0.2) is 5.82 Å². The molecule has 0 aliphatic rings. The molecule has 0 saturated heterocycles. The SMILES string of the molecule is CCOC(c1ccccc1)c1nc(C)c(C(C)C)c(Cl)n1. The van der Waals surface area contributed by atoms with Gasteiger partial charge in [-0.25, -0.2) is 9.97 Å². The molecule has 0 aliphatic heterocycles. The van der Waals surface area contributed by atoms with Gasteiger partial charge in [-0.15, -0.1) is 0 Å². The van der Waals surface area contributed by atoms with E-state index >= 15 is 0 Å². The van der Waals surface area contributed by atoms with Crippen LogP contribution in [0.15, 0.2) is 30.3 Å². The van der Waals surface area contributed by atoms with Crippen molar-refractivity contribution in [3.8, 4) is 0 Å². The van der Waals surface area contributed by atoms with Gasteiger partial charge < -0.3 is 4.74 Å². The number of halogens is 1. The molecule has 1 aromatic heterocycles. The standard InChI is InChI=1S/C17H21ClN2O/c1-5-21-15(13-9-7-6-8-10-13)17-19-12(4)14(11(2)3)16(18)20-17/h6-11,15H,5H2,1-4H3. The predicted octanol–water partition coefficient (Wildman–Crippen LogP) is 4.69. The third-order valence-corrected chi connectivity index (χ3v) is 3.64. The van der Waals surface area contributed by atoms with Gasteiger partial charge in [0.1, 0.15) is 11.3 Å². The second-order valence-electron chi connectivity index (χ2n) is 5.27. The van der Waals surface area contributed by atoms with E-state index in [0.29, 0.717) is 23.5 Å². The molecular weight excluding hydrogens is 284 g/mol. The van der Waals surface area contributed by atoms with E-state index in [9.17, 15) is 0 Å². The minimum Gasteiger partial charge on any atom is -0.366 e. The first kappa shape index (κ1) is 15.9. The van der Waals surface area contributed by atoms with E-state index in [4.69, 9.17) is 16.3 Å². The molecule has 21 heavy (non-hydrogen) atoms. The lowest BCUT2D eigenvalue weighted by atomic mass is 10.0. The van der Waals surface area contributed by atoms with Gasteiger partial charge in [0, 0.05) is 17.9 Å². The molecule has 0 N–H and O–H groups in total. The Morgan fingerprint density at radius 2 is 1.81 bits per heavy atom. The average molecular weight is 305 g/mol. The molecule has 0 radical (unpaired) electrons. The van der Waals surface area contributed by atoms with Crippen molar-refractivity contribution in [1.82, 2.24) is 9.97 Å². The van der Waals surface area contributed by atoms with E-state index in [1.807, 2.05) is 44.2 Å². The van der Waals surface area contributed by atoms with Gasteiger partial charge in [-0.05, 0) is 25.3 Å². The number of nitrogens with zero attached hydrogens (tertiary/aromatic N) is 2. The summed E-state index contributed by atoms with van der Waals surface area (Å²) in [7, 11) is 0. The van der Waals surface area contributed by atoms with Crippen LogP contribution in [-0.4, -0.2) is 16.6 Å². The zero-order valence-corrected chi connectivity index (χ0v) is 13.7. The summed E-state index contributed by atoms with van der Waals surface area (Å²) in [5.74, 6) is 0.920. The first-order chi connectivity index (χ1) is 10.0. The summed E-state index contributed by atoms with van der Waals surface area (Å²) in [4.78, 5) is 9.11. The van der Waals surface area contributed by atoms with Crippen LogP contribution in [0.25, 0.3) is 0 Å². The van der Waals surface area contributed by atoms with E-state index in [0.717, 1.165) is 16.8 Å². The fourth-order valence-electron chi connectivity index (χ4n) is 2.45. The van der Waals surface area contributed by atoms with E-state index < -0.39 is 0 Å². The van der Waals surface area contributed by atoms with Crippen molar-refractivity contribution in [2.75, 3.05) is 6.61 Å². The summed E-state index contributed by atoms with van der Waals surface area (Å²) < 4.78 is 5.84. The third kappa shape index (κ3) is 3.60. The molecule has 0 bridgehead atoms. The van der Waals surface area contributed by atoms with Crippen LogP contribution in [0.5, 0.6) is 0 Å². The normalized spacial score (nSPS) is 12.7. The maximum absolute atomic E-state index is 6.35. The number of aromatic nitrogens is 2. The maximum atomic E-state index is 6.35. The van der Waals surface area contributed by atoms with Crippen LogP contribution in [0.4, 0.5) is 0 Å². The number of hydrogen-bond donors (Lipinski definition) is 0. The van der Waals surface area contributed by atoms with Gasteiger partial charge >= 0.3 is 0 Å². The van der Waals surface area contributed by atoms with Crippen molar-refractivity contribution < 1.29 is 4.74 Å². The Kier molecular flexibility index (Phi) is 5.32. The van der Waals surface area contributed by atoms with E-state index in [1.165, 1.54) is 0 Å². The van der Waals surface area contributed by atoms with Gasteiger partial charge in [0.25, 0.3) is 0 Å². The summed E-state index contributed by atoms with van der Waals surface area (Å²) in [5.41, 5.74) is 2.96. The largest absolute Gasteiger partial charge is 0.366 e. The molecule has 1 unspecified atom stereocenters. The summed E-state index contributed by atoms with van der Waals surface area (Å²) >= 11 is 6.35. The second-order valence-corrected chi connectivity index (χ2v) is 5.63. The monoisotopic (exact) mass is 304 g/mol. The molecule has 1 heterocycles. The van der Waals surface area contributed by atoms with Crippen LogP contribution in [0.1, 0.15) is 55.4 Å². The number of ether oxygens (including phenoxy) is 1. The Labute approximate surface area is 131 Å². The lowest BCUT2D eigenvalue weighted by Gasteiger charge is -2.19. The van der Waals surface area contributed by atoms with Gasteiger partial charge in [-0.1, -0.05) is 55.8 Å². The van der Waals surface area contributed by atoms with E-state index in [2.05, 4.69) is 23.8 Å². The molecule has 112 valence electrons. The molecule has 0 fully saturated rings. The van der Waals surface area contributed by atoms with Crippen LogP contribution in [-0.2, 0) is 4.74 Å². The van der Waals surface area contributed by atoms with Gasteiger partial charge in [0.05, 0.1) is 0 Å². The molecule has 1 aromatic carbocycles. The molecule has 0 aliphatic carbocycles. The first-order valence-corrected chi connectivity index (χ1v) is 7.62. The molecule has 2 rings (SSSR count). The highest BCUT2D eigenvalue weighted by molar-refractivity contribution is 6.30. The summed E-state index contributed by atoms with van der Waals surface area (Å²) in [5, 5.41) is 0.521. The molecule has 0 amide bonds. The van der Waals surface area contributed by atoms with Crippen LogP contribution in [0, 0.1) is 6.92 Å². The number of hydrogen-bond acceptors (Lipinski definition) is 3. The molecule has 3 nitrogen and oxygen atoms in total. The van der Waals surface area contributed by atoms with Crippen molar-refractivity contribution in [3.63, 3.8) is 0 Å². The number of benzene rings is 1. The van der Waals surface area contributed by atoms with Crippen molar-refractivity contribution in [2.24, 2.45) is 0 Å². The molecule has 0 saturated carbocycles. The fraction of sp³-hybridized carbons (Fsp3) is 0.412. The number of rotatable bonds is 5. The lowest BCUT2D eigenvalue weighted by molar-refractivity contribution is 0.0849. The fourth-order valence-corrected chi connectivity index (χ4v) is 2.90. The minimum atomic E-state index is -0.284. The highest BCUT2D eigenvalue weighted by Gasteiger charge is 2.21. The Bertz CT molecular complexity index is 576. The molecule has 4 heteroatoms. The summed E-state index contributed by atoms with van der Waals surface area (Å²) in [6.45, 7) is 8.71. The quantitative estimate of drug-likeness (QED) is 0.752. The first-order valence-electron chi connectivity index (χ1n) is 7.25. The van der Waals surface area contributed by atoms with Crippen LogP contribution < -0.4 is 0 Å². The van der Waals surface area contributed by atoms with Gasteiger partial charge in [-0.3, -0.25) is 0 Å². The summed E-state index contributed by atoms with van der Waals surface area (Å²) in [6.07, 6.45) is -0.284. The second kappa shape index (κ2) is 7.01. The highest BCUT2D eigenvalue weighted by atomic mass is 35.5. The molecule has 2 aromatic rings. The van der Waals surface area contributed by atoms with E-state index in [1.54, 1.807) is 0 Å². The van der Waals surface area contributed by atoms with Crippen molar-refractivity contribution in [1.29, 1.82) is 0 Å². The smallest absolute Gasteiger partial charge is 0.163 e. The zero-order valence-electron chi connectivity index (χ0n) is 12.9. The third-order valence-electron chi connectivity index (χ3n) is 3.35. The van der Waals surface area contributed by atoms with Gasteiger partial charge in [-0.2, -0.15) is 0 Å². The Balaban J connectivity index is 2.47. The predicted molar refractivity (Wildman–Crippen MR) is 85.8 cm³/mol. The Hall–Kier alpha value is -1.45. The number of aryl methyl sites for hydroxylation is 1.